The van der Waals surface area contributed by atoms with Gasteiger partial charge in [-0.2, -0.15) is 0 Å². The molecule has 0 aliphatic carbocycles. The number of carbonyl (C=O) groups excluding carboxylic acids is 1. The van der Waals surface area contributed by atoms with Crippen molar-refractivity contribution in [2.75, 3.05) is 12.4 Å². The standard InChI is InChI=1S/C13H14Br2O3S/c1-8(2)13(17)18-6-10(16)7-19-12-4-3-9(14)5-11(12)15/h3-5,10,16H,1,6-7H2,2H3. The molecule has 0 aliphatic rings. The molecule has 0 fully saturated rings. The summed E-state index contributed by atoms with van der Waals surface area (Å²) in [6.07, 6.45) is -0.705. The Kier molecular flexibility index (Phi) is 7.13. The molecule has 19 heavy (non-hydrogen) atoms. The molecule has 1 aromatic carbocycles. The second-order valence-corrected chi connectivity index (χ2v) is 6.75. The number of hydrogen-bond acceptors (Lipinski definition) is 4. The van der Waals surface area contributed by atoms with Crippen molar-refractivity contribution in [2.45, 2.75) is 17.9 Å². The van der Waals surface area contributed by atoms with Gasteiger partial charge in [-0.1, -0.05) is 22.5 Å². The van der Waals surface area contributed by atoms with Crippen LogP contribution in [-0.4, -0.2) is 29.5 Å². The third-order valence-corrected chi connectivity index (χ3v) is 4.71. The molecule has 104 valence electrons. The average Bonchev–Trinajstić information content (AvgIpc) is 2.34. The second-order valence-electron chi connectivity index (χ2n) is 3.92. The van der Waals surface area contributed by atoms with E-state index in [4.69, 9.17) is 4.74 Å². The van der Waals surface area contributed by atoms with Crippen LogP contribution in [0.2, 0.25) is 0 Å². The van der Waals surface area contributed by atoms with E-state index < -0.39 is 12.1 Å². The fourth-order valence-corrected chi connectivity index (χ4v) is 3.34. The summed E-state index contributed by atoms with van der Waals surface area (Å²) in [5.41, 5.74) is 0.329. The molecule has 0 spiro atoms. The topological polar surface area (TPSA) is 46.5 Å². The smallest absolute Gasteiger partial charge is 0.333 e. The van der Waals surface area contributed by atoms with Crippen LogP contribution in [0.5, 0.6) is 0 Å². The third-order valence-electron chi connectivity index (χ3n) is 2.08. The van der Waals surface area contributed by atoms with Crippen LogP contribution < -0.4 is 0 Å². The monoisotopic (exact) mass is 408 g/mol. The van der Waals surface area contributed by atoms with Gasteiger partial charge in [-0.3, -0.25) is 0 Å². The fraction of sp³-hybridized carbons (Fsp3) is 0.308. The quantitative estimate of drug-likeness (QED) is 0.441. The molecule has 0 aromatic heterocycles. The van der Waals surface area contributed by atoms with Crippen molar-refractivity contribution in [1.29, 1.82) is 0 Å². The Bertz CT molecular complexity index is 477. The van der Waals surface area contributed by atoms with Crippen molar-refractivity contribution in [1.82, 2.24) is 0 Å². The van der Waals surface area contributed by atoms with Crippen molar-refractivity contribution in [3.05, 3.63) is 39.3 Å². The Morgan fingerprint density at radius 1 is 1.53 bits per heavy atom. The molecule has 0 amide bonds. The first-order chi connectivity index (χ1) is 8.90. The zero-order chi connectivity index (χ0) is 14.4. The van der Waals surface area contributed by atoms with E-state index >= 15 is 0 Å². The van der Waals surface area contributed by atoms with Crippen LogP contribution in [0.3, 0.4) is 0 Å². The van der Waals surface area contributed by atoms with Gasteiger partial charge < -0.3 is 9.84 Å². The average molecular weight is 410 g/mol. The summed E-state index contributed by atoms with van der Waals surface area (Å²) in [6.45, 7) is 5.03. The Morgan fingerprint density at radius 3 is 2.79 bits per heavy atom. The molecule has 0 aliphatic heterocycles. The molecule has 0 saturated carbocycles. The van der Waals surface area contributed by atoms with Crippen molar-refractivity contribution in [3.63, 3.8) is 0 Å². The van der Waals surface area contributed by atoms with E-state index in [1.807, 2.05) is 18.2 Å². The van der Waals surface area contributed by atoms with E-state index in [9.17, 15) is 9.90 Å². The van der Waals surface area contributed by atoms with Gasteiger partial charge in [-0.25, -0.2) is 4.79 Å². The molecular formula is C13H14Br2O3S. The number of carbonyl (C=O) groups is 1. The van der Waals surface area contributed by atoms with Gasteiger partial charge in [0.25, 0.3) is 0 Å². The highest BCUT2D eigenvalue weighted by Crippen LogP contribution is 2.30. The number of halogens is 2. The lowest BCUT2D eigenvalue weighted by Gasteiger charge is -2.11. The first kappa shape index (κ1) is 16.8. The van der Waals surface area contributed by atoms with Crippen LogP contribution in [0.4, 0.5) is 0 Å². The van der Waals surface area contributed by atoms with Gasteiger partial charge in [0.15, 0.2) is 0 Å². The van der Waals surface area contributed by atoms with E-state index in [-0.39, 0.29) is 6.61 Å². The highest BCUT2D eigenvalue weighted by Gasteiger charge is 2.11. The number of rotatable bonds is 6. The minimum Gasteiger partial charge on any atom is -0.460 e. The summed E-state index contributed by atoms with van der Waals surface area (Å²) in [4.78, 5) is 12.2. The summed E-state index contributed by atoms with van der Waals surface area (Å²) < 4.78 is 6.82. The second kappa shape index (κ2) is 8.09. The van der Waals surface area contributed by atoms with E-state index in [1.165, 1.54) is 11.8 Å². The van der Waals surface area contributed by atoms with E-state index in [0.29, 0.717) is 11.3 Å². The lowest BCUT2D eigenvalue weighted by Crippen LogP contribution is -2.21. The Hall–Kier alpha value is -0.300. The van der Waals surface area contributed by atoms with Gasteiger partial charge in [0.1, 0.15) is 6.61 Å². The highest BCUT2D eigenvalue weighted by molar-refractivity contribution is 9.11. The Balaban J connectivity index is 2.39. The van der Waals surface area contributed by atoms with Gasteiger partial charge in [0.2, 0.25) is 0 Å². The maximum absolute atomic E-state index is 11.2. The molecule has 6 heteroatoms. The molecule has 3 nitrogen and oxygen atoms in total. The summed E-state index contributed by atoms with van der Waals surface area (Å²) in [7, 11) is 0. The van der Waals surface area contributed by atoms with Crippen LogP contribution in [0.15, 0.2) is 44.2 Å². The number of benzene rings is 1. The highest BCUT2D eigenvalue weighted by atomic mass is 79.9. The molecular weight excluding hydrogens is 396 g/mol. The molecule has 0 radical (unpaired) electrons. The first-order valence-corrected chi connectivity index (χ1v) is 8.06. The van der Waals surface area contributed by atoms with Crippen molar-refractivity contribution in [3.8, 4) is 0 Å². The third kappa shape index (κ3) is 6.12. The number of thioether (sulfide) groups is 1. The van der Waals surface area contributed by atoms with Gasteiger partial charge in [-0.15, -0.1) is 11.8 Å². The van der Waals surface area contributed by atoms with Crippen LogP contribution in [0.25, 0.3) is 0 Å². The van der Waals surface area contributed by atoms with Crippen molar-refractivity contribution >= 4 is 49.6 Å². The Labute approximate surface area is 133 Å². The molecule has 0 heterocycles. The van der Waals surface area contributed by atoms with E-state index in [0.717, 1.165) is 13.8 Å². The zero-order valence-corrected chi connectivity index (χ0v) is 14.3. The van der Waals surface area contributed by atoms with Gasteiger partial charge in [0, 0.05) is 25.2 Å². The predicted octanol–water partition coefficient (Wildman–Crippen LogP) is 3.78. The number of hydrogen-bond donors (Lipinski definition) is 1. The lowest BCUT2D eigenvalue weighted by molar-refractivity contribution is -0.141. The number of aliphatic hydroxyl groups excluding tert-OH is 1. The van der Waals surface area contributed by atoms with Crippen molar-refractivity contribution in [2.24, 2.45) is 0 Å². The van der Waals surface area contributed by atoms with E-state index in [1.54, 1.807) is 6.92 Å². The fourth-order valence-electron chi connectivity index (χ4n) is 1.12. The van der Waals surface area contributed by atoms with E-state index in [2.05, 4.69) is 38.4 Å². The van der Waals surface area contributed by atoms with Gasteiger partial charge in [-0.05, 0) is 41.1 Å². The van der Waals surface area contributed by atoms with Crippen LogP contribution in [-0.2, 0) is 9.53 Å². The van der Waals surface area contributed by atoms with Gasteiger partial charge in [0.05, 0.1) is 6.10 Å². The molecule has 1 aromatic rings. The number of ether oxygens (including phenoxy) is 1. The summed E-state index contributed by atoms with van der Waals surface area (Å²) in [5.74, 6) is -0.0298. The van der Waals surface area contributed by atoms with Gasteiger partial charge >= 0.3 is 5.97 Å². The zero-order valence-electron chi connectivity index (χ0n) is 10.4. The number of aliphatic hydroxyl groups is 1. The SMILES string of the molecule is C=C(C)C(=O)OCC(O)CSc1ccc(Br)cc1Br. The molecule has 0 bridgehead atoms. The minimum atomic E-state index is -0.705. The minimum absolute atomic E-state index is 0.0210. The normalized spacial score (nSPS) is 12.0. The first-order valence-electron chi connectivity index (χ1n) is 5.48. The van der Waals surface area contributed by atoms with Crippen LogP contribution in [0.1, 0.15) is 6.92 Å². The van der Waals surface area contributed by atoms with Crippen LogP contribution >= 0.6 is 43.6 Å². The summed E-state index contributed by atoms with van der Waals surface area (Å²) in [5, 5.41) is 9.73. The molecule has 1 N–H and O–H groups in total. The van der Waals surface area contributed by atoms with Crippen molar-refractivity contribution < 1.29 is 14.6 Å². The maximum atomic E-state index is 11.2. The summed E-state index contributed by atoms with van der Waals surface area (Å²) >= 11 is 8.32. The largest absolute Gasteiger partial charge is 0.460 e. The Morgan fingerprint density at radius 2 is 2.21 bits per heavy atom. The molecule has 1 rings (SSSR count). The number of esters is 1. The molecule has 1 unspecified atom stereocenters. The summed E-state index contributed by atoms with van der Waals surface area (Å²) in [6, 6.07) is 5.82. The molecule has 1 atom stereocenters. The maximum Gasteiger partial charge on any atom is 0.333 e. The predicted molar refractivity (Wildman–Crippen MR) is 84.3 cm³/mol. The molecule has 0 saturated heterocycles. The lowest BCUT2D eigenvalue weighted by atomic mass is 10.3. The van der Waals surface area contributed by atoms with Crippen LogP contribution in [0, 0.1) is 0 Å².